The fourth-order valence-corrected chi connectivity index (χ4v) is 0.389. The van der Waals surface area contributed by atoms with Crippen molar-refractivity contribution in [3.8, 4) is 0 Å². The van der Waals surface area contributed by atoms with Gasteiger partial charge in [-0.3, -0.25) is 9.59 Å². The van der Waals surface area contributed by atoms with Gasteiger partial charge < -0.3 is 20.8 Å². The number of aliphatic hydroxyl groups excluding tert-OH is 2. The summed E-state index contributed by atoms with van der Waals surface area (Å²) in [6, 6.07) is -0.827. The molecule has 76 valence electrons. The molecular weight excluding hydrogens is 192 g/mol. The van der Waals surface area contributed by atoms with Gasteiger partial charge in [-0.05, 0) is 0 Å². The topological polar surface area (TPSA) is 116 Å². The lowest BCUT2D eigenvalue weighted by Gasteiger charge is -1.98. The van der Waals surface area contributed by atoms with E-state index in [9.17, 15) is 14.4 Å². The second kappa shape index (κ2) is 6.23. The van der Waals surface area contributed by atoms with Crippen molar-refractivity contribution in [2.45, 2.75) is 0 Å². The van der Waals surface area contributed by atoms with Gasteiger partial charge in [-0.25, -0.2) is 4.79 Å². The Morgan fingerprint density at radius 3 is 1.57 bits per heavy atom. The zero-order valence-corrected chi connectivity index (χ0v) is 6.93. The van der Waals surface area contributed by atoms with Gasteiger partial charge in [0.2, 0.25) is 0 Å². The van der Waals surface area contributed by atoms with Crippen molar-refractivity contribution in [3.63, 3.8) is 0 Å². The molecule has 0 radical (unpaired) electrons. The number of urea groups is 1. The van der Waals surface area contributed by atoms with Crippen LogP contribution in [-0.2, 0) is 9.59 Å². The van der Waals surface area contributed by atoms with E-state index in [2.05, 4.69) is 0 Å². The predicted molar refractivity (Wildman–Crippen MR) is 45.2 cm³/mol. The molecule has 0 saturated carbocycles. The van der Waals surface area contributed by atoms with Crippen LogP contribution >= 0.6 is 0 Å². The van der Waals surface area contributed by atoms with Gasteiger partial charge in [-0.1, -0.05) is 0 Å². The summed E-state index contributed by atoms with van der Waals surface area (Å²) in [7, 11) is 0. The maximum atomic E-state index is 10.7. The van der Waals surface area contributed by atoms with E-state index in [1.807, 2.05) is 10.6 Å². The number of nitrogens with one attached hydrogen (secondary N) is 2. The van der Waals surface area contributed by atoms with Gasteiger partial charge >= 0.3 is 6.03 Å². The van der Waals surface area contributed by atoms with Gasteiger partial charge in [-0.2, -0.15) is 0 Å². The number of hydrogen-bond donors (Lipinski definition) is 4. The minimum atomic E-state index is -0.827. The maximum absolute atomic E-state index is 10.7. The fourth-order valence-electron chi connectivity index (χ4n) is 0.389. The van der Waals surface area contributed by atoms with Crippen LogP contribution in [0.25, 0.3) is 0 Å². The molecule has 2 amide bonds. The van der Waals surface area contributed by atoms with Crippen LogP contribution in [0.3, 0.4) is 0 Å². The molecule has 0 aliphatic carbocycles. The minimum Gasteiger partial charge on any atom is -0.504 e. The molecule has 0 aromatic carbocycles. The van der Waals surface area contributed by atoms with Gasteiger partial charge in [0.15, 0.2) is 24.1 Å². The van der Waals surface area contributed by atoms with E-state index in [4.69, 9.17) is 10.2 Å². The Balaban J connectivity index is 4.00. The molecule has 0 aromatic rings. The number of carbonyl (C=O) groups is 3. The van der Waals surface area contributed by atoms with Gasteiger partial charge in [0, 0.05) is 0 Å². The highest BCUT2D eigenvalue weighted by Gasteiger charge is 1.96. The number of hydrogen-bond acceptors (Lipinski definition) is 5. The second-order valence-electron chi connectivity index (χ2n) is 1.99. The molecule has 0 aromatic heterocycles. The molecule has 7 nitrogen and oxygen atoms in total. The van der Waals surface area contributed by atoms with Crippen LogP contribution in [0.4, 0.5) is 4.79 Å². The highest BCUT2D eigenvalue weighted by atomic mass is 16.3. The molecule has 0 aliphatic heterocycles. The van der Waals surface area contributed by atoms with Crippen molar-refractivity contribution in [2.75, 3.05) is 0 Å². The lowest BCUT2D eigenvalue weighted by molar-refractivity contribution is -0.107. The van der Waals surface area contributed by atoms with Crippen molar-refractivity contribution < 1.29 is 24.6 Å². The summed E-state index contributed by atoms with van der Waals surface area (Å²) in [6.45, 7) is 0. The maximum Gasteiger partial charge on any atom is 0.322 e. The van der Waals surface area contributed by atoms with E-state index in [-0.39, 0.29) is 12.6 Å². The Morgan fingerprint density at radius 1 is 0.929 bits per heavy atom. The van der Waals surface area contributed by atoms with Gasteiger partial charge in [0.05, 0.1) is 12.4 Å². The first kappa shape index (κ1) is 11.7. The van der Waals surface area contributed by atoms with Crippen LogP contribution in [0.2, 0.25) is 0 Å². The van der Waals surface area contributed by atoms with Crippen molar-refractivity contribution in [2.24, 2.45) is 0 Å². The smallest absolute Gasteiger partial charge is 0.322 e. The quantitative estimate of drug-likeness (QED) is 0.277. The molecule has 0 saturated heterocycles. The monoisotopic (exact) mass is 200 g/mol. The summed E-state index contributed by atoms with van der Waals surface area (Å²) in [6.07, 6.45) is 1.74. The molecular formula is C7H8N2O5. The molecule has 0 bridgehead atoms. The van der Waals surface area contributed by atoms with Gasteiger partial charge in [0.1, 0.15) is 0 Å². The van der Waals surface area contributed by atoms with Crippen molar-refractivity contribution >= 4 is 18.6 Å². The zero-order valence-electron chi connectivity index (χ0n) is 6.93. The third kappa shape index (κ3) is 5.35. The summed E-state index contributed by atoms with van der Waals surface area (Å²) in [5, 5.41) is 21.0. The standard InChI is InChI=1S/C7H8N2O5/c10-3-5(12)1-8-7(14)9-2-6(13)4-11/h1-4,12-13H,(H2,8,9,14)/b5-1-,6-2-. The number of carbonyl (C=O) groups excluding carboxylic acids is 3. The highest BCUT2D eigenvalue weighted by molar-refractivity contribution is 5.79. The molecule has 0 atom stereocenters. The van der Waals surface area contributed by atoms with E-state index in [0.29, 0.717) is 0 Å². The number of aldehydes is 2. The third-order valence-corrected chi connectivity index (χ3v) is 0.944. The Labute approximate surface area is 78.7 Å². The average molecular weight is 200 g/mol. The molecule has 14 heavy (non-hydrogen) atoms. The molecule has 0 heterocycles. The molecule has 0 unspecified atom stereocenters. The first-order chi connectivity index (χ1) is 6.60. The van der Waals surface area contributed by atoms with Crippen LogP contribution in [0.1, 0.15) is 0 Å². The second-order valence-corrected chi connectivity index (χ2v) is 1.99. The zero-order chi connectivity index (χ0) is 11.0. The first-order valence-electron chi connectivity index (χ1n) is 3.35. The van der Waals surface area contributed by atoms with Gasteiger partial charge in [-0.15, -0.1) is 0 Å². The van der Waals surface area contributed by atoms with Crippen LogP contribution in [-0.4, -0.2) is 28.8 Å². The molecule has 0 fully saturated rings. The lowest BCUT2D eigenvalue weighted by Crippen LogP contribution is -2.28. The molecule has 0 spiro atoms. The highest BCUT2D eigenvalue weighted by Crippen LogP contribution is 1.79. The Hall–Kier alpha value is -2.31. The molecule has 4 N–H and O–H groups in total. The third-order valence-electron chi connectivity index (χ3n) is 0.944. The molecule has 0 aliphatic rings. The lowest BCUT2D eigenvalue weighted by atomic mass is 10.6. The number of rotatable bonds is 4. The van der Waals surface area contributed by atoms with E-state index in [0.717, 1.165) is 12.4 Å². The molecule has 7 heteroatoms. The van der Waals surface area contributed by atoms with Gasteiger partial charge in [0.25, 0.3) is 0 Å². The minimum absolute atomic E-state index is 0.124. The van der Waals surface area contributed by atoms with E-state index in [1.54, 1.807) is 0 Å². The number of aliphatic hydroxyl groups is 2. The first-order valence-corrected chi connectivity index (χ1v) is 3.35. The summed E-state index contributed by atoms with van der Waals surface area (Å²) in [5.74, 6) is -1.33. The fraction of sp³-hybridized carbons (Fsp3) is 0. The Bertz CT molecular complexity index is 266. The summed E-state index contributed by atoms with van der Waals surface area (Å²) in [4.78, 5) is 30.4. The van der Waals surface area contributed by atoms with Crippen LogP contribution in [0, 0.1) is 0 Å². The normalized spacial score (nSPS) is 11.7. The van der Waals surface area contributed by atoms with Crippen LogP contribution < -0.4 is 10.6 Å². The predicted octanol–water partition coefficient (Wildman–Crippen LogP) is -0.518. The molecule has 0 rings (SSSR count). The summed E-state index contributed by atoms with van der Waals surface area (Å²) >= 11 is 0. The van der Waals surface area contributed by atoms with Crippen molar-refractivity contribution in [3.05, 3.63) is 23.9 Å². The average Bonchev–Trinajstić information content (AvgIpc) is 2.22. The SMILES string of the molecule is O=C/C(O)=C/NC(=O)N/C=C(\O)C=O. The van der Waals surface area contributed by atoms with Crippen molar-refractivity contribution in [1.29, 1.82) is 0 Å². The largest absolute Gasteiger partial charge is 0.504 e. The number of amides is 2. The van der Waals surface area contributed by atoms with Crippen LogP contribution in [0.5, 0.6) is 0 Å². The van der Waals surface area contributed by atoms with Crippen LogP contribution in [0.15, 0.2) is 23.9 Å². The van der Waals surface area contributed by atoms with E-state index in [1.165, 1.54) is 0 Å². The number of allylic oxidation sites excluding steroid dienone is 2. The summed E-state index contributed by atoms with van der Waals surface area (Å²) in [5.41, 5.74) is 0. The van der Waals surface area contributed by atoms with Crippen molar-refractivity contribution in [1.82, 2.24) is 10.6 Å². The Morgan fingerprint density at radius 2 is 1.29 bits per heavy atom. The van der Waals surface area contributed by atoms with E-state index < -0.39 is 17.5 Å². The van der Waals surface area contributed by atoms with E-state index >= 15 is 0 Å². The summed E-state index contributed by atoms with van der Waals surface area (Å²) < 4.78 is 0. The Kier molecular flexibility index (Phi) is 5.20.